The largest absolute Gasteiger partial charge is 0.416 e. The maximum atomic E-state index is 14.2. The van der Waals surface area contributed by atoms with Crippen LogP contribution in [-0.2, 0) is 31.5 Å². The van der Waals surface area contributed by atoms with Gasteiger partial charge in [-0.15, -0.1) is 23.5 Å². The molecule has 17 nitrogen and oxygen atoms in total. The highest BCUT2D eigenvalue weighted by atomic mass is 32.2. The standard InChI is InChI=1S/C38H51F6N13O4S2.C3H8/c1-3-51-28(34(61)57-27-20-23(38(42,43)44)18-25(32(27)63-15-11-46)55-30(59)9-5-7-13-53-36(49)50)16-21(2)33(60)56-26-19-22(37(39,40)41)17-24(31(26)62-14-10-45)54-29(58)8-4-6-12-52-35(47)48;1-3-2/h3,16-20H,2,4-15,45-46H2,1H3,(H,54,58)(H,55,59)(H,56,60)(H,57,61)(H4,47,48,52)(H4,49,50,53);3H2,1-2H3/b28-16-,51-3?;. The van der Waals surface area contributed by atoms with E-state index in [0.29, 0.717) is 49.9 Å². The first-order valence-corrected chi connectivity index (χ1v) is 22.4. The monoisotopic (exact) mass is 975 g/mol. The molecule has 0 saturated carbocycles. The Morgan fingerprint density at radius 3 is 1.35 bits per heavy atom. The van der Waals surface area contributed by atoms with Crippen molar-refractivity contribution in [1.82, 2.24) is 0 Å². The van der Waals surface area contributed by atoms with Crippen LogP contribution in [0.4, 0.5) is 49.1 Å². The predicted octanol–water partition coefficient (Wildman–Crippen LogP) is 6.11. The van der Waals surface area contributed by atoms with Gasteiger partial charge in [-0.25, -0.2) is 0 Å². The van der Waals surface area contributed by atoms with Crippen LogP contribution in [0.25, 0.3) is 0 Å². The third kappa shape index (κ3) is 21.9. The summed E-state index contributed by atoms with van der Waals surface area (Å²) < 4.78 is 84.9. The molecular weight excluding hydrogens is 917 g/mol. The molecule has 0 aliphatic carbocycles. The van der Waals surface area contributed by atoms with Crippen molar-refractivity contribution in [2.75, 3.05) is 59.0 Å². The van der Waals surface area contributed by atoms with Crippen molar-refractivity contribution in [2.45, 2.75) is 87.9 Å². The smallest absolute Gasteiger partial charge is 0.370 e. The highest BCUT2D eigenvalue weighted by molar-refractivity contribution is 7.99. The number of anilines is 4. The van der Waals surface area contributed by atoms with Gasteiger partial charge in [0.1, 0.15) is 5.70 Å². The lowest BCUT2D eigenvalue weighted by Crippen LogP contribution is -2.23. The summed E-state index contributed by atoms with van der Waals surface area (Å²) in [5.74, 6) is -3.50. The van der Waals surface area contributed by atoms with Crippen LogP contribution >= 0.6 is 23.5 Å². The summed E-state index contributed by atoms with van der Waals surface area (Å²) in [5, 5.41) is 9.64. The number of carbonyl (C=O) groups excluding carboxylic acids is 4. The molecule has 0 spiro atoms. The molecule has 0 atom stereocenters. The molecule has 4 amide bonds. The van der Waals surface area contributed by atoms with Gasteiger partial charge in [0.15, 0.2) is 11.9 Å². The number of nitrogens with one attached hydrogen (secondary N) is 4. The molecule has 2 aromatic carbocycles. The number of nitrogens with two attached hydrogens (primary N) is 6. The molecule has 0 radical (unpaired) electrons. The fourth-order valence-corrected chi connectivity index (χ4v) is 6.85. The lowest BCUT2D eigenvalue weighted by atomic mass is 10.1. The molecule has 0 bridgehead atoms. The molecule has 2 rings (SSSR count). The summed E-state index contributed by atoms with van der Waals surface area (Å²) in [7, 11) is 0. The van der Waals surface area contributed by atoms with Crippen molar-refractivity contribution in [1.29, 1.82) is 0 Å². The van der Waals surface area contributed by atoms with E-state index in [0.717, 1.165) is 35.8 Å². The van der Waals surface area contributed by atoms with Crippen molar-refractivity contribution in [3.63, 3.8) is 0 Å². The number of hydrogen-bond donors (Lipinski definition) is 10. The van der Waals surface area contributed by atoms with Crippen LogP contribution in [0.2, 0.25) is 0 Å². The molecule has 16 N–H and O–H groups in total. The molecule has 25 heteroatoms. The van der Waals surface area contributed by atoms with Gasteiger partial charge in [-0.3, -0.25) is 34.2 Å². The number of thioether (sulfide) groups is 2. The van der Waals surface area contributed by atoms with E-state index in [9.17, 15) is 45.5 Å². The second kappa shape index (κ2) is 29.7. The first-order valence-electron chi connectivity index (χ1n) is 20.4. The van der Waals surface area contributed by atoms with Crippen molar-refractivity contribution in [3.8, 4) is 0 Å². The van der Waals surface area contributed by atoms with Gasteiger partial charge >= 0.3 is 12.4 Å². The minimum atomic E-state index is -4.94. The topological polar surface area (TPSA) is 310 Å². The summed E-state index contributed by atoms with van der Waals surface area (Å²) in [4.78, 5) is 64.6. The van der Waals surface area contributed by atoms with Gasteiger partial charge < -0.3 is 55.7 Å². The lowest BCUT2D eigenvalue weighted by molar-refractivity contribution is -0.138. The number of benzene rings is 2. The third-order valence-corrected chi connectivity index (χ3v) is 10.3. The maximum absolute atomic E-state index is 14.2. The minimum Gasteiger partial charge on any atom is -0.370 e. The number of alkyl halides is 6. The SMILES string of the molecule is C=C(/C=C(\N=CC)C(=O)Nc1cc(C(F)(F)F)cc(NC(=O)CCCCN=C(N)N)c1SCCN)C(=O)Nc1cc(C(F)(F)F)cc(NC(=O)CCCCN=C(N)N)c1SCCN.CCC. The van der Waals surface area contributed by atoms with Crippen molar-refractivity contribution < 1.29 is 45.5 Å². The Labute approximate surface area is 388 Å². The summed E-state index contributed by atoms with van der Waals surface area (Å²) in [6, 6.07) is 2.71. The third-order valence-electron chi connectivity index (χ3n) is 7.92. The molecule has 0 saturated heterocycles. The first-order chi connectivity index (χ1) is 31.0. The Hall–Kier alpha value is -5.79. The van der Waals surface area contributed by atoms with E-state index in [2.05, 4.69) is 56.7 Å². The molecule has 66 heavy (non-hydrogen) atoms. The van der Waals surface area contributed by atoms with Crippen molar-refractivity contribution >= 4 is 88.0 Å². The minimum absolute atomic E-state index is 0.0212. The summed E-state index contributed by atoms with van der Waals surface area (Å²) in [6.07, 6.45) is -5.44. The molecule has 0 aliphatic heterocycles. The van der Waals surface area contributed by atoms with E-state index in [1.54, 1.807) is 0 Å². The molecular formula is C41H59F6N13O4S2. The Morgan fingerprint density at radius 1 is 0.652 bits per heavy atom. The number of guanidine groups is 2. The van der Waals surface area contributed by atoms with Crippen LogP contribution in [-0.4, -0.2) is 79.4 Å². The van der Waals surface area contributed by atoms with E-state index < -0.39 is 64.1 Å². The Balaban J connectivity index is 0.00000705. The van der Waals surface area contributed by atoms with E-state index in [1.807, 2.05) is 0 Å². The summed E-state index contributed by atoms with van der Waals surface area (Å²) in [5.41, 5.74) is 27.7. The highest BCUT2D eigenvalue weighted by Crippen LogP contribution is 2.43. The fraction of sp³-hybridized carbons (Fsp3) is 0.439. The number of hydrogen-bond acceptors (Lipinski definition) is 11. The van der Waals surface area contributed by atoms with Gasteiger partial charge in [-0.05, 0) is 62.9 Å². The number of halogens is 6. The molecule has 0 aliphatic rings. The van der Waals surface area contributed by atoms with Gasteiger partial charge in [0.2, 0.25) is 11.8 Å². The Morgan fingerprint density at radius 2 is 1.02 bits per heavy atom. The van der Waals surface area contributed by atoms with Gasteiger partial charge in [0.05, 0.1) is 43.7 Å². The Bertz CT molecular complexity index is 2090. The van der Waals surface area contributed by atoms with Gasteiger partial charge in [0.25, 0.3) is 11.8 Å². The average molecular weight is 976 g/mol. The predicted molar refractivity (Wildman–Crippen MR) is 253 cm³/mol. The summed E-state index contributed by atoms with van der Waals surface area (Å²) >= 11 is 1.89. The van der Waals surface area contributed by atoms with E-state index in [1.165, 1.54) is 13.3 Å². The quantitative estimate of drug-likeness (QED) is 0.0108. The summed E-state index contributed by atoms with van der Waals surface area (Å²) in [6.45, 7) is 9.85. The van der Waals surface area contributed by atoms with E-state index in [4.69, 9.17) is 34.4 Å². The number of nitrogens with zero attached hydrogens (tertiary/aromatic N) is 3. The Kier molecular flexibility index (Phi) is 26.2. The zero-order chi connectivity index (χ0) is 50.0. The molecule has 0 heterocycles. The van der Waals surface area contributed by atoms with E-state index in [-0.39, 0.29) is 89.3 Å². The zero-order valence-electron chi connectivity index (χ0n) is 36.9. The van der Waals surface area contributed by atoms with Gasteiger partial charge in [0, 0.05) is 62.3 Å². The molecule has 0 aromatic heterocycles. The van der Waals surface area contributed by atoms with Crippen LogP contribution in [0.3, 0.4) is 0 Å². The van der Waals surface area contributed by atoms with Crippen LogP contribution in [0.5, 0.6) is 0 Å². The number of rotatable bonds is 24. The maximum Gasteiger partial charge on any atom is 0.416 e. The first kappa shape index (κ1) is 58.2. The van der Waals surface area contributed by atoms with E-state index >= 15 is 0 Å². The molecule has 2 aromatic rings. The molecule has 0 unspecified atom stereocenters. The van der Waals surface area contributed by atoms with Gasteiger partial charge in [-0.1, -0.05) is 26.8 Å². The second-order valence-corrected chi connectivity index (χ2v) is 16.0. The van der Waals surface area contributed by atoms with Crippen LogP contribution in [0, 0.1) is 0 Å². The molecule has 366 valence electrons. The number of amides is 4. The average Bonchev–Trinajstić information content (AvgIpc) is 3.21. The highest BCUT2D eigenvalue weighted by Gasteiger charge is 2.34. The van der Waals surface area contributed by atoms with Crippen LogP contribution < -0.4 is 55.7 Å². The van der Waals surface area contributed by atoms with Crippen LogP contribution in [0.1, 0.15) is 76.8 Å². The van der Waals surface area contributed by atoms with Gasteiger partial charge in [-0.2, -0.15) is 26.3 Å². The number of carbonyl (C=O) groups is 4. The molecule has 0 fully saturated rings. The van der Waals surface area contributed by atoms with Crippen molar-refractivity contribution in [2.24, 2.45) is 49.4 Å². The van der Waals surface area contributed by atoms with Crippen molar-refractivity contribution in [3.05, 3.63) is 59.3 Å². The van der Waals surface area contributed by atoms with Crippen LogP contribution in [0.15, 0.2) is 73.0 Å². The normalized spacial score (nSPS) is 11.5. The second-order valence-electron chi connectivity index (χ2n) is 13.8. The fourth-order valence-electron chi connectivity index (χ4n) is 5.15. The zero-order valence-corrected chi connectivity index (χ0v) is 38.5. The number of unbranched alkanes of at least 4 members (excludes halogenated alkanes) is 2. The lowest BCUT2D eigenvalue weighted by Gasteiger charge is -2.20. The number of aliphatic imine (C=N–C) groups is 3.